The molecular formula is C17H19N3O3. The average Bonchev–Trinajstić information content (AvgIpc) is 2.56. The quantitative estimate of drug-likeness (QED) is 0.889. The summed E-state index contributed by atoms with van der Waals surface area (Å²) >= 11 is 0. The van der Waals surface area contributed by atoms with Crippen LogP contribution in [0.15, 0.2) is 48.7 Å². The number of aryl methyl sites for hydroxylation is 1. The predicted octanol–water partition coefficient (Wildman–Crippen LogP) is 2.64. The van der Waals surface area contributed by atoms with E-state index in [1.54, 1.807) is 19.2 Å². The van der Waals surface area contributed by atoms with Gasteiger partial charge >= 0.3 is 6.09 Å². The number of amides is 2. The van der Waals surface area contributed by atoms with Gasteiger partial charge in [-0.15, -0.1) is 0 Å². The van der Waals surface area contributed by atoms with Gasteiger partial charge in [0.2, 0.25) is 5.91 Å². The van der Waals surface area contributed by atoms with Crippen molar-refractivity contribution in [2.45, 2.75) is 26.5 Å². The van der Waals surface area contributed by atoms with E-state index in [2.05, 4.69) is 15.6 Å². The average molecular weight is 313 g/mol. The number of aromatic nitrogens is 1. The minimum atomic E-state index is -0.736. The molecule has 6 heteroatoms. The Bertz CT molecular complexity index is 674. The second kappa shape index (κ2) is 7.93. The van der Waals surface area contributed by atoms with Crippen molar-refractivity contribution >= 4 is 17.8 Å². The molecule has 6 nitrogen and oxygen atoms in total. The van der Waals surface area contributed by atoms with Crippen molar-refractivity contribution in [2.75, 3.05) is 5.32 Å². The van der Waals surface area contributed by atoms with E-state index in [4.69, 9.17) is 4.74 Å². The molecule has 0 bridgehead atoms. The lowest BCUT2D eigenvalue weighted by Gasteiger charge is -2.14. The molecule has 0 spiro atoms. The molecule has 2 rings (SSSR count). The summed E-state index contributed by atoms with van der Waals surface area (Å²) in [7, 11) is 0. The fourth-order valence-electron chi connectivity index (χ4n) is 1.85. The van der Waals surface area contributed by atoms with Gasteiger partial charge in [-0.3, -0.25) is 4.79 Å². The van der Waals surface area contributed by atoms with Crippen molar-refractivity contribution in [1.29, 1.82) is 0 Å². The second-order valence-electron chi connectivity index (χ2n) is 5.09. The summed E-state index contributed by atoms with van der Waals surface area (Å²) in [5.41, 5.74) is 1.73. The van der Waals surface area contributed by atoms with Gasteiger partial charge in [-0.25, -0.2) is 9.78 Å². The summed E-state index contributed by atoms with van der Waals surface area (Å²) in [5.74, 6) is 0.118. The lowest BCUT2D eigenvalue weighted by Crippen LogP contribution is -2.42. The molecule has 0 saturated carbocycles. The van der Waals surface area contributed by atoms with E-state index >= 15 is 0 Å². The lowest BCUT2D eigenvalue weighted by molar-refractivity contribution is -0.117. The molecule has 1 atom stereocenters. The van der Waals surface area contributed by atoms with E-state index < -0.39 is 12.1 Å². The Morgan fingerprint density at radius 3 is 2.61 bits per heavy atom. The van der Waals surface area contributed by atoms with E-state index in [-0.39, 0.29) is 12.5 Å². The van der Waals surface area contributed by atoms with Crippen molar-refractivity contribution in [3.63, 3.8) is 0 Å². The predicted molar refractivity (Wildman–Crippen MR) is 86.8 cm³/mol. The van der Waals surface area contributed by atoms with Crippen LogP contribution in [-0.4, -0.2) is 23.0 Å². The Hall–Kier alpha value is -2.89. The zero-order valence-electron chi connectivity index (χ0n) is 13.1. The third kappa shape index (κ3) is 5.10. The van der Waals surface area contributed by atoms with Gasteiger partial charge in [0.05, 0.1) is 0 Å². The van der Waals surface area contributed by atoms with Gasteiger partial charge in [-0.2, -0.15) is 0 Å². The van der Waals surface area contributed by atoms with E-state index in [1.807, 2.05) is 43.3 Å². The van der Waals surface area contributed by atoms with Gasteiger partial charge in [0, 0.05) is 6.20 Å². The third-order valence-corrected chi connectivity index (χ3v) is 3.19. The van der Waals surface area contributed by atoms with Crippen LogP contribution in [0.3, 0.4) is 0 Å². The van der Waals surface area contributed by atoms with Gasteiger partial charge in [-0.1, -0.05) is 36.4 Å². The van der Waals surface area contributed by atoms with Gasteiger partial charge in [0.25, 0.3) is 0 Å². The number of nitrogens with one attached hydrogen (secondary N) is 2. The van der Waals surface area contributed by atoms with Crippen LogP contribution < -0.4 is 10.6 Å². The topological polar surface area (TPSA) is 80.3 Å². The summed E-state index contributed by atoms with van der Waals surface area (Å²) in [6.07, 6.45) is 0.948. The number of nitrogens with zero attached hydrogens (tertiary/aromatic N) is 1. The first kappa shape index (κ1) is 16.5. The number of rotatable bonds is 5. The molecule has 0 unspecified atom stereocenters. The molecule has 0 aliphatic heterocycles. The zero-order chi connectivity index (χ0) is 16.7. The van der Waals surface area contributed by atoms with Crippen LogP contribution in [0.25, 0.3) is 0 Å². The highest BCUT2D eigenvalue weighted by molar-refractivity contribution is 5.95. The van der Waals surface area contributed by atoms with Crippen molar-refractivity contribution in [1.82, 2.24) is 10.3 Å². The van der Waals surface area contributed by atoms with Crippen LogP contribution in [0.4, 0.5) is 10.6 Å². The first-order valence-corrected chi connectivity index (χ1v) is 7.26. The number of ether oxygens (including phenoxy) is 1. The maximum atomic E-state index is 12.1. The fraction of sp³-hybridized carbons (Fsp3) is 0.235. The lowest BCUT2D eigenvalue weighted by atomic mass is 10.2. The van der Waals surface area contributed by atoms with E-state index in [1.165, 1.54) is 0 Å². The molecular weight excluding hydrogens is 294 g/mol. The number of hydrogen-bond acceptors (Lipinski definition) is 4. The Balaban J connectivity index is 1.81. The van der Waals surface area contributed by atoms with Crippen molar-refractivity contribution < 1.29 is 14.3 Å². The Morgan fingerprint density at radius 1 is 1.17 bits per heavy atom. The Kier molecular flexibility index (Phi) is 5.68. The van der Waals surface area contributed by atoms with Crippen LogP contribution in [0, 0.1) is 6.92 Å². The summed E-state index contributed by atoms with van der Waals surface area (Å²) in [4.78, 5) is 27.9. The number of carbonyl (C=O) groups excluding carboxylic acids is 2. The zero-order valence-corrected chi connectivity index (χ0v) is 13.1. The van der Waals surface area contributed by atoms with Gasteiger partial charge < -0.3 is 15.4 Å². The summed E-state index contributed by atoms with van der Waals surface area (Å²) in [6, 6.07) is 12.2. The van der Waals surface area contributed by atoms with Crippen LogP contribution in [0.5, 0.6) is 0 Å². The SMILES string of the molecule is Cc1cccnc1NC(=O)[C@H](C)NC(=O)OCc1ccccc1. The smallest absolute Gasteiger partial charge is 0.408 e. The summed E-state index contributed by atoms with van der Waals surface area (Å²) in [6.45, 7) is 3.58. The molecule has 1 heterocycles. The normalized spacial score (nSPS) is 11.4. The summed E-state index contributed by atoms with van der Waals surface area (Å²) < 4.78 is 5.08. The molecule has 0 aliphatic carbocycles. The van der Waals surface area contributed by atoms with Crippen LogP contribution in [0.1, 0.15) is 18.1 Å². The number of anilines is 1. The highest BCUT2D eigenvalue weighted by Crippen LogP contribution is 2.09. The highest BCUT2D eigenvalue weighted by Gasteiger charge is 2.17. The first-order valence-electron chi connectivity index (χ1n) is 7.26. The van der Waals surface area contributed by atoms with E-state index in [0.717, 1.165) is 11.1 Å². The molecule has 2 amide bonds. The number of hydrogen-bond donors (Lipinski definition) is 2. The second-order valence-corrected chi connectivity index (χ2v) is 5.09. The summed E-state index contributed by atoms with van der Waals surface area (Å²) in [5, 5.41) is 5.16. The Morgan fingerprint density at radius 2 is 1.91 bits per heavy atom. The van der Waals surface area contributed by atoms with Gasteiger partial charge in [-0.05, 0) is 31.0 Å². The molecule has 1 aromatic carbocycles. The molecule has 0 radical (unpaired) electrons. The molecule has 2 N–H and O–H groups in total. The third-order valence-electron chi connectivity index (χ3n) is 3.19. The molecule has 2 aromatic rings. The van der Waals surface area contributed by atoms with Crippen LogP contribution in [-0.2, 0) is 16.1 Å². The Labute approximate surface area is 134 Å². The monoisotopic (exact) mass is 313 g/mol. The molecule has 23 heavy (non-hydrogen) atoms. The van der Waals surface area contributed by atoms with Crippen LogP contribution >= 0.6 is 0 Å². The van der Waals surface area contributed by atoms with Crippen molar-refractivity contribution in [3.05, 3.63) is 59.8 Å². The molecule has 0 saturated heterocycles. The largest absolute Gasteiger partial charge is 0.445 e. The molecule has 0 fully saturated rings. The first-order chi connectivity index (χ1) is 11.1. The number of alkyl carbamates (subject to hydrolysis) is 1. The van der Waals surface area contributed by atoms with E-state index in [9.17, 15) is 9.59 Å². The molecule has 0 aliphatic rings. The molecule has 1 aromatic heterocycles. The van der Waals surface area contributed by atoms with Crippen LogP contribution in [0.2, 0.25) is 0 Å². The van der Waals surface area contributed by atoms with Crippen molar-refractivity contribution in [3.8, 4) is 0 Å². The highest BCUT2D eigenvalue weighted by atomic mass is 16.5. The number of carbonyl (C=O) groups is 2. The van der Waals surface area contributed by atoms with Crippen molar-refractivity contribution in [2.24, 2.45) is 0 Å². The maximum absolute atomic E-state index is 12.1. The minimum Gasteiger partial charge on any atom is -0.445 e. The minimum absolute atomic E-state index is 0.153. The van der Waals surface area contributed by atoms with E-state index in [0.29, 0.717) is 5.82 Å². The fourth-order valence-corrected chi connectivity index (χ4v) is 1.85. The standard InChI is InChI=1S/C17H19N3O3/c1-12-7-6-10-18-15(12)20-16(21)13(2)19-17(22)23-11-14-8-4-3-5-9-14/h3-10,13H,11H2,1-2H3,(H,19,22)(H,18,20,21)/t13-/m0/s1. The van der Waals surface area contributed by atoms with Gasteiger partial charge in [0.15, 0.2) is 0 Å². The molecule has 120 valence electrons. The maximum Gasteiger partial charge on any atom is 0.408 e. The van der Waals surface area contributed by atoms with Gasteiger partial charge in [0.1, 0.15) is 18.5 Å². The number of benzene rings is 1. The number of pyridine rings is 1.